The van der Waals surface area contributed by atoms with E-state index in [1.54, 1.807) is 13.3 Å². The number of hydrogen-bond acceptors (Lipinski definition) is 5. The van der Waals surface area contributed by atoms with Gasteiger partial charge in [-0.1, -0.05) is 24.9 Å². The molecule has 0 aromatic carbocycles. The lowest BCUT2D eigenvalue weighted by molar-refractivity contribution is 0.379. The van der Waals surface area contributed by atoms with Crippen molar-refractivity contribution in [1.29, 1.82) is 0 Å². The maximum absolute atomic E-state index is 6.27. The highest BCUT2D eigenvalue weighted by molar-refractivity contribution is 6.32. The molecular formula is C14H23ClN4O. The first kappa shape index (κ1) is 15.3. The van der Waals surface area contributed by atoms with Gasteiger partial charge in [-0.25, -0.2) is 4.98 Å². The van der Waals surface area contributed by atoms with E-state index in [0.29, 0.717) is 17.1 Å². The Morgan fingerprint density at radius 1 is 1.55 bits per heavy atom. The molecule has 1 aliphatic rings. The summed E-state index contributed by atoms with van der Waals surface area (Å²) >= 11 is 6.27. The average Bonchev–Trinajstić information content (AvgIpc) is 2.97. The number of nitrogens with zero attached hydrogens (tertiary/aromatic N) is 3. The van der Waals surface area contributed by atoms with Crippen LogP contribution in [0.15, 0.2) is 6.20 Å². The second-order valence-corrected chi connectivity index (χ2v) is 5.53. The van der Waals surface area contributed by atoms with Crippen LogP contribution in [0.1, 0.15) is 32.6 Å². The van der Waals surface area contributed by atoms with Gasteiger partial charge < -0.3 is 15.0 Å². The Labute approximate surface area is 125 Å². The number of methoxy groups -OCH3 is 1. The summed E-state index contributed by atoms with van der Waals surface area (Å²) in [5.41, 5.74) is 0. The second-order valence-electron chi connectivity index (χ2n) is 5.12. The molecule has 0 saturated carbocycles. The highest BCUT2D eigenvalue weighted by Gasteiger charge is 2.21. The molecule has 1 saturated heterocycles. The Morgan fingerprint density at radius 3 is 3.05 bits per heavy atom. The summed E-state index contributed by atoms with van der Waals surface area (Å²) in [6, 6.07) is 0.883. The first-order chi connectivity index (χ1) is 9.74. The van der Waals surface area contributed by atoms with Gasteiger partial charge in [0.25, 0.3) is 0 Å². The number of ether oxygens (including phenoxy) is 1. The Kier molecular flexibility index (Phi) is 5.86. The molecule has 1 unspecified atom stereocenters. The molecule has 20 heavy (non-hydrogen) atoms. The van der Waals surface area contributed by atoms with Crippen LogP contribution in [-0.4, -0.2) is 42.8 Å². The number of aromatic nitrogens is 2. The van der Waals surface area contributed by atoms with Gasteiger partial charge in [-0.2, -0.15) is 4.98 Å². The van der Waals surface area contributed by atoms with Gasteiger partial charge >= 0.3 is 6.01 Å². The molecule has 1 aromatic heterocycles. The molecule has 1 aromatic rings. The number of nitrogens with one attached hydrogen (secondary N) is 1. The van der Waals surface area contributed by atoms with Gasteiger partial charge in [0.05, 0.1) is 13.3 Å². The predicted molar refractivity (Wildman–Crippen MR) is 81.7 cm³/mol. The molecule has 1 fully saturated rings. The van der Waals surface area contributed by atoms with Gasteiger partial charge in [-0.05, 0) is 25.8 Å². The largest absolute Gasteiger partial charge is 0.467 e. The first-order valence-corrected chi connectivity index (χ1v) is 7.67. The lowest BCUT2D eigenvalue weighted by Crippen LogP contribution is -2.38. The fourth-order valence-corrected chi connectivity index (χ4v) is 2.68. The predicted octanol–water partition coefficient (Wildman–Crippen LogP) is 2.50. The van der Waals surface area contributed by atoms with E-state index in [0.717, 1.165) is 38.3 Å². The van der Waals surface area contributed by atoms with Crippen molar-refractivity contribution in [2.24, 2.45) is 0 Å². The van der Waals surface area contributed by atoms with Gasteiger partial charge in [0.2, 0.25) is 0 Å². The molecule has 0 bridgehead atoms. The minimum absolute atomic E-state index is 0.366. The minimum atomic E-state index is 0.366. The molecule has 1 N–H and O–H groups in total. The van der Waals surface area contributed by atoms with E-state index in [-0.39, 0.29) is 0 Å². The van der Waals surface area contributed by atoms with Crippen LogP contribution in [0.4, 0.5) is 5.82 Å². The smallest absolute Gasteiger partial charge is 0.318 e. The van der Waals surface area contributed by atoms with Crippen LogP contribution in [-0.2, 0) is 0 Å². The fraction of sp³-hybridized carbons (Fsp3) is 0.714. The lowest BCUT2D eigenvalue weighted by Gasteiger charge is -2.27. The number of hydrogen-bond donors (Lipinski definition) is 1. The highest BCUT2D eigenvalue weighted by atomic mass is 35.5. The molecule has 112 valence electrons. The van der Waals surface area contributed by atoms with Crippen LogP contribution in [0.2, 0.25) is 5.02 Å². The van der Waals surface area contributed by atoms with Crippen LogP contribution in [0, 0.1) is 0 Å². The van der Waals surface area contributed by atoms with E-state index in [1.807, 2.05) is 0 Å². The maximum Gasteiger partial charge on any atom is 0.318 e. The molecule has 6 heteroatoms. The molecule has 0 aliphatic carbocycles. The lowest BCUT2D eigenvalue weighted by atomic mass is 10.2. The maximum atomic E-state index is 6.27. The van der Waals surface area contributed by atoms with Crippen LogP contribution >= 0.6 is 11.6 Å². The van der Waals surface area contributed by atoms with E-state index in [9.17, 15) is 0 Å². The van der Waals surface area contributed by atoms with Crippen molar-refractivity contribution in [3.05, 3.63) is 11.2 Å². The van der Waals surface area contributed by atoms with E-state index in [4.69, 9.17) is 16.3 Å². The van der Waals surface area contributed by atoms with Crippen molar-refractivity contribution < 1.29 is 4.74 Å². The Hall–Kier alpha value is -1.07. The fourth-order valence-electron chi connectivity index (χ4n) is 2.47. The standard InChI is InChI=1S/C14H23ClN4O/c1-3-4-8-19(10-11-6-5-7-16-11)13-12(15)9-17-14(18-13)20-2/h9,11,16H,3-8,10H2,1-2H3. The monoisotopic (exact) mass is 298 g/mol. The third kappa shape index (κ3) is 3.96. The molecule has 1 aliphatic heterocycles. The average molecular weight is 299 g/mol. The number of halogens is 1. The summed E-state index contributed by atoms with van der Waals surface area (Å²) in [4.78, 5) is 10.7. The molecule has 2 heterocycles. The van der Waals surface area contributed by atoms with Crippen LogP contribution in [0.5, 0.6) is 6.01 Å². The van der Waals surface area contributed by atoms with Crippen LogP contribution in [0.25, 0.3) is 0 Å². The highest BCUT2D eigenvalue weighted by Crippen LogP contribution is 2.25. The van der Waals surface area contributed by atoms with E-state index in [2.05, 4.69) is 27.1 Å². The van der Waals surface area contributed by atoms with E-state index < -0.39 is 0 Å². The van der Waals surface area contributed by atoms with Gasteiger partial charge in [0, 0.05) is 19.1 Å². The molecule has 0 spiro atoms. The summed E-state index contributed by atoms with van der Waals surface area (Å²) < 4.78 is 5.11. The molecule has 0 radical (unpaired) electrons. The zero-order chi connectivity index (χ0) is 14.4. The summed E-state index contributed by atoms with van der Waals surface area (Å²) in [6.45, 7) is 5.18. The van der Waals surface area contributed by atoms with Gasteiger partial charge in [-0.15, -0.1) is 0 Å². The van der Waals surface area contributed by atoms with Gasteiger partial charge in [-0.3, -0.25) is 0 Å². The number of unbranched alkanes of at least 4 members (excludes halogenated alkanes) is 1. The van der Waals surface area contributed by atoms with E-state index >= 15 is 0 Å². The minimum Gasteiger partial charge on any atom is -0.467 e. The van der Waals surface area contributed by atoms with Crippen molar-refractivity contribution in [3.63, 3.8) is 0 Å². The molecular weight excluding hydrogens is 276 g/mol. The van der Waals surface area contributed by atoms with Crippen LogP contribution in [0.3, 0.4) is 0 Å². The third-order valence-corrected chi connectivity index (χ3v) is 3.84. The van der Waals surface area contributed by atoms with Crippen molar-refractivity contribution in [1.82, 2.24) is 15.3 Å². The first-order valence-electron chi connectivity index (χ1n) is 7.29. The zero-order valence-electron chi connectivity index (χ0n) is 12.2. The second kappa shape index (κ2) is 7.64. The zero-order valence-corrected chi connectivity index (χ0v) is 13.0. The Balaban J connectivity index is 2.15. The third-order valence-electron chi connectivity index (χ3n) is 3.57. The summed E-state index contributed by atoms with van der Waals surface area (Å²) in [5.74, 6) is 0.778. The Bertz CT molecular complexity index is 424. The molecule has 0 amide bonds. The quantitative estimate of drug-likeness (QED) is 0.838. The van der Waals surface area contributed by atoms with E-state index in [1.165, 1.54) is 12.8 Å². The van der Waals surface area contributed by atoms with Crippen molar-refractivity contribution in [3.8, 4) is 6.01 Å². The molecule has 1 atom stereocenters. The van der Waals surface area contributed by atoms with Crippen LogP contribution < -0.4 is 15.0 Å². The number of anilines is 1. The summed E-state index contributed by atoms with van der Waals surface area (Å²) in [7, 11) is 1.57. The Morgan fingerprint density at radius 2 is 2.40 bits per heavy atom. The van der Waals surface area contributed by atoms with Crippen molar-refractivity contribution in [2.45, 2.75) is 38.6 Å². The molecule has 2 rings (SSSR count). The van der Waals surface area contributed by atoms with Gasteiger partial charge in [0.1, 0.15) is 5.02 Å². The van der Waals surface area contributed by atoms with Gasteiger partial charge in [0.15, 0.2) is 5.82 Å². The summed E-state index contributed by atoms with van der Waals surface area (Å²) in [6.07, 6.45) is 6.34. The number of rotatable bonds is 7. The topological polar surface area (TPSA) is 50.3 Å². The van der Waals surface area contributed by atoms with Crippen molar-refractivity contribution in [2.75, 3.05) is 31.6 Å². The van der Waals surface area contributed by atoms with Crippen molar-refractivity contribution >= 4 is 17.4 Å². The normalized spacial score (nSPS) is 18.2. The summed E-state index contributed by atoms with van der Waals surface area (Å²) in [5, 5.41) is 4.11. The molecule has 5 nitrogen and oxygen atoms in total. The SMILES string of the molecule is CCCCN(CC1CCCN1)c1nc(OC)ncc1Cl.